The summed E-state index contributed by atoms with van der Waals surface area (Å²) < 4.78 is 10.2. The van der Waals surface area contributed by atoms with Crippen LogP contribution in [0.2, 0.25) is 0 Å². The van der Waals surface area contributed by atoms with Crippen molar-refractivity contribution >= 4 is 29.2 Å². The fourth-order valence-electron chi connectivity index (χ4n) is 3.41. The smallest absolute Gasteiger partial charge is 0.332 e. The van der Waals surface area contributed by atoms with E-state index in [0.29, 0.717) is 22.9 Å². The Morgan fingerprint density at radius 3 is 2.00 bits per heavy atom. The van der Waals surface area contributed by atoms with E-state index in [4.69, 9.17) is 9.47 Å². The standard InChI is InChI=1S/C22H25N3O5/c1-14(2)24-19(13-20(26)23-15-5-9-17(29-3)10-6-15)21(27)25(22(24)28)16-7-11-18(30-4)12-8-16/h5-12,14,19H,13H2,1-4H3,(H,23,26)/t19-/m1/s1. The Bertz CT molecular complexity index is 925. The maximum atomic E-state index is 13.1. The molecule has 0 spiro atoms. The van der Waals surface area contributed by atoms with E-state index < -0.39 is 18.0 Å². The summed E-state index contributed by atoms with van der Waals surface area (Å²) in [5, 5.41) is 2.76. The molecule has 0 aliphatic carbocycles. The van der Waals surface area contributed by atoms with Gasteiger partial charge in [-0.1, -0.05) is 0 Å². The van der Waals surface area contributed by atoms with Crippen LogP contribution in [0.3, 0.4) is 0 Å². The lowest BCUT2D eigenvalue weighted by atomic mass is 10.1. The molecule has 1 atom stereocenters. The monoisotopic (exact) mass is 411 g/mol. The fourth-order valence-corrected chi connectivity index (χ4v) is 3.41. The lowest BCUT2D eigenvalue weighted by molar-refractivity contribution is -0.124. The van der Waals surface area contributed by atoms with E-state index in [1.165, 1.54) is 4.90 Å². The van der Waals surface area contributed by atoms with Gasteiger partial charge in [0.15, 0.2) is 0 Å². The third kappa shape index (κ3) is 4.22. The van der Waals surface area contributed by atoms with E-state index in [9.17, 15) is 14.4 Å². The molecule has 2 aromatic rings. The lowest BCUT2D eigenvalue weighted by Crippen LogP contribution is -2.42. The molecule has 0 radical (unpaired) electrons. The van der Waals surface area contributed by atoms with Crippen molar-refractivity contribution < 1.29 is 23.9 Å². The van der Waals surface area contributed by atoms with E-state index in [-0.39, 0.29) is 18.4 Å². The van der Waals surface area contributed by atoms with E-state index in [0.717, 1.165) is 4.90 Å². The molecule has 1 aliphatic heterocycles. The number of carbonyl (C=O) groups excluding carboxylic acids is 3. The van der Waals surface area contributed by atoms with Crippen molar-refractivity contribution in [3.05, 3.63) is 48.5 Å². The number of nitrogens with zero attached hydrogens (tertiary/aromatic N) is 2. The van der Waals surface area contributed by atoms with Crippen molar-refractivity contribution in [1.82, 2.24) is 4.90 Å². The molecule has 0 aromatic heterocycles. The summed E-state index contributed by atoms with van der Waals surface area (Å²) in [5.41, 5.74) is 1.02. The average Bonchev–Trinajstić information content (AvgIpc) is 2.98. The number of ether oxygens (including phenoxy) is 2. The number of urea groups is 1. The Hall–Kier alpha value is -3.55. The van der Waals surface area contributed by atoms with Crippen LogP contribution in [-0.2, 0) is 9.59 Å². The van der Waals surface area contributed by atoms with Crippen LogP contribution < -0.4 is 19.7 Å². The third-order valence-corrected chi connectivity index (χ3v) is 4.89. The first-order chi connectivity index (χ1) is 14.3. The molecule has 0 unspecified atom stereocenters. The summed E-state index contributed by atoms with van der Waals surface area (Å²) in [7, 11) is 3.10. The molecule has 3 rings (SSSR count). The van der Waals surface area contributed by atoms with Crippen molar-refractivity contribution in [3.63, 3.8) is 0 Å². The molecular weight excluding hydrogens is 386 g/mol. The molecule has 8 heteroatoms. The minimum atomic E-state index is -0.877. The second-order valence-corrected chi connectivity index (χ2v) is 7.15. The Morgan fingerprint density at radius 1 is 0.967 bits per heavy atom. The molecule has 1 aliphatic rings. The zero-order valence-electron chi connectivity index (χ0n) is 17.4. The van der Waals surface area contributed by atoms with Gasteiger partial charge in [0.1, 0.15) is 17.5 Å². The summed E-state index contributed by atoms with van der Waals surface area (Å²) >= 11 is 0. The molecule has 0 saturated carbocycles. The molecule has 158 valence electrons. The fraction of sp³-hybridized carbons (Fsp3) is 0.318. The highest BCUT2D eigenvalue weighted by Crippen LogP contribution is 2.30. The van der Waals surface area contributed by atoms with Gasteiger partial charge in [-0.3, -0.25) is 9.59 Å². The number of benzene rings is 2. The summed E-state index contributed by atoms with van der Waals surface area (Å²) in [6.07, 6.45) is -0.137. The van der Waals surface area contributed by atoms with Gasteiger partial charge in [-0.15, -0.1) is 0 Å². The number of methoxy groups -OCH3 is 2. The SMILES string of the molecule is COc1ccc(NC(=O)C[C@@H]2C(=O)N(c3ccc(OC)cc3)C(=O)N2C(C)C)cc1. The average molecular weight is 411 g/mol. The number of imide groups is 1. The zero-order valence-corrected chi connectivity index (χ0v) is 17.4. The number of rotatable bonds is 7. The predicted molar refractivity (Wildman–Crippen MR) is 113 cm³/mol. The highest BCUT2D eigenvalue weighted by molar-refractivity contribution is 6.22. The van der Waals surface area contributed by atoms with Crippen LogP contribution in [0.1, 0.15) is 20.3 Å². The number of carbonyl (C=O) groups is 3. The van der Waals surface area contributed by atoms with Gasteiger partial charge >= 0.3 is 6.03 Å². The van der Waals surface area contributed by atoms with Crippen molar-refractivity contribution in [2.24, 2.45) is 0 Å². The lowest BCUT2D eigenvalue weighted by Gasteiger charge is -2.25. The van der Waals surface area contributed by atoms with Crippen LogP contribution in [0.25, 0.3) is 0 Å². The molecule has 30 heavy (non-hydrogen) atoms. The van der Waals surface area contributed by atoms with E-state index >= 15 is 0 Å². The molecule has 1 saturated heterocycles. The molecule has 2 aromatic carbocycles. The van der Waals surface area contributed by atoms with Gasteiger partial charge < -0.3 is 19.7 Å². The highest BCUT2D eigenvalue weighted by Gasteiger charge is 2.47. The number of hydrogen-bond acceptors (Lipinski definition) is 5. The van der Waals surface area contributed by atoms with E-state index in [1.807, 2.05) is 13.8 Å². The molecule has 1 heterocycles. The molecule has 4 amide bonds. The number of nitrogens with one attached hydrogen (secondary N) is 1. The Balaban J connectivity index is 1.78. The second kappa shape index (κ2) is 8.86. The Labute approximate surface area is 175 Å². The van der Waals surface area contributed by atoms with Crippen LogP contribution in [0.15, 0.2) is 48.5 Å². The van der Waals surface area contributed by atoms with Gasteiger partial charge in [0.05, 0.1) is 26.3 Å². The topological polar surface area (TPSA) is 88.2 Å². The minimum absolute atomic E-state index is 0.137. The van der Waals surface area contributed by atoms with Gasteiger partial charge in [-0.2, -0.15) is 0 Å². The molecule has 0 bridgehead atoms. The Morgan fingerprint density at radius 2 is 1.50 bits per heavy atom. The number of hydrogen-bond donors (Lipinski definition) is 1. The van der Waals surface area contributed by atoms with Crippen LogP contribution in [0, 0.1) is 0 Å². The minimum Gasteiger partial charge on any atom is -0.497 e. The van der Waals surface area contributed by atoms with Crippen LogP contribution in [0.5, 0.6) is 11.5 Å². The first-order valence-electron chi connectivity index (χ1n) is 9.60. The zero-order chi connectivity index (χ0) is 21.8. The first kappa shape index (κ1) is 21.2. The van der Waals surface area contributed by atoms with Gasteiger partial charge in [0.25, 0.3) is 5.91 Å². The summed E-state index contributed by atoms with van der Waals surface area (Å²) in [5.74, 6) is 0.511. The van der Waals surface area contributed by atoms with E-state index in [1.54, 1.807) is 62.8 Å². The van der Waals surface area contributed by atoms with E-state index in [2.05, 4.69) is 5.32 Å². The number of amides is 4. The molecule has 1 N–H and O–H groups in total. The van der Waals surface area contributed by atoms with Crippen molar-refractivity contribution in [3.8, 4) is 11.5 Å². The normalized spacial score (nSPS) is 16.2. The van der Waals surface area contributed by atoms with Crippen molar-refractivity contribution in [2.75, 3.05) is 24.4 Å². The van der Waals surface area contributed by atoms with Gasteiger partial charge in [-0.25, -0.2) is 9.69 Å². The first-order valence-corrected chi connectivity index (χ1v) is 9.60. The summed E-state index contributed by atoms with van der Waals surface area (Å²) in [6.45, 7) is 3.63. The van der Waals surface area contributed by atoms with Gasteiger partial charge in [-0.05, 0) is 62.4 Å². The largest absolute Gasteiger partial charge is 0.497 e. The molecule has 1 fully saturated rings. The van der Waals surface area contributed by atoms with Crippen LogP contribution >= 0.6 is 0 Å². The Kier molecular flexibility index (Phi) is 6.25. The highest BCUT2D eigenvalue weighted by atomic mass is 16.5. The van der Waals surface area contributed by atoms with Gasteiger partial charge in [0.2, 0.25) is 5.91 Å². The molecular formula is C22H25N3O5. The predicted octanol–water partition coefficient (Wildman–Crippen LogP) is 3.28. The summed E-state index contributed by atoms with van der Waals surface area (Å²) in [4.78, 5) is 41.2. The summed E-state index contributed by atoms with van der Waals surface area (Å²) in [6, 6.07) is 12.0. The molecule has 8 nitrogen and oxygen atoms in total. The van der Waals surface area contributed by atoms with Gasteiger partial charge in [0, 0.05) is 11.7 Å². The number of anilines is 2. The van der Waals surface area contributed by atoms with Crippen molar-refractivity contribution in [2.45, 2.75) is 32.4 Å². The van der Waals surface area contributed by atoms with Crippen LogP contribution in [0.4, 0.5) is 16.2 Å². The van der Waals surface area contributed by atoms with Crippen LogP contribution in [-0.4, -0.2) is 49.0 Å². The second-order valence-electron chi connectivity index (χ2n) is 7.15. The maximum Gasteiger partial charge on any atom is 0.332 e. The third-order valence-electron chi connectivity index (χ3n) is 4.89. The van der Waals surface area contributed by atoms with Crippen molar-refractivity contribution in [1.29, 1.82) is 0 Å². The quantitative estimate of drug-likeness (QED) is 0.707. The maximum absolute atomic E-state index is 13.1.